The lowest BCUT2D eigenvalue weighted by Gasteiger charge is -2.02. The molecule has 6 heteroatoms. The lowest BCUT2D eigenvalue weighted by Crippen LogP contribution is -2.10. The number of para-hydroxylation sites is 1. The summed E-state index contributed by atoms with van der Waals surface area (Å²) in [5.41, 5.74) is 2.48. The number of benzene rings is 3. The highest BCUT2D eigenvalue weighted by atomic mass is 19.1. The third-order valence-electron chi connectivity index (χ3n) is 4.40. The van der Waals surface area contributed by atoms with Crippen molar-refractivity contribution in [3.8, 4) is 11.5 Å². The molecule has 0 aliphatic heterocycles. The zero-order valence-corrected chi connectivity index (χ0v) is 14.5. The number of fused-ring (bicyclic) bond motifs is 2. The third-order valence-corrected chi connectivity index (χ3v) is 4.40. The standard InChI is InChI=1S/C22H13FN2O3/c23-16-7-3-2-6-15(16)22-25-17-12-14(9-10-19(17)28-22)24-21(26)20-11-13-5-1-4-8-18(13)27-20/h1-12H,(H,24,26). The van der Waals surface area contributed by atoms with Crippen LogP contribution in [0.25, 0.3) is 33.5 Å². The van der Waals surface area contributed by atoms with Gasteiger partial charge in [-0.25, -0.2) is 9.37 Å². The minimum absolute atomic E-state index is 0.189. The van der Waals surface area contributed by atoms with Gasteiger partial charge in [0.15, 0.2) is 11.3 Å². The summed E-state index contributed by atoms with van der Waals surface area (Å²) in [4.78, 5) is 16.8. The Labute approximate surface area is 158 Å². The van der Waals surface area contributed by atoms with Crippen molar-refractivity contribution in [1.82, 2.24) is 4.98 Å². The molecule has 0 aliphatic carbocycles. The van der Waals surface area contributed by atoms with E-state index in [0.717, 1.165) is 5.39 Å². The van der Waals surface area contributed by atoms with Crippen molar-refractivity contribution in [1.29, 1.82) is 0 Å². The number of hydrogen-bond acceptors (Lipinski definition) is 4. The molecule has 0 radical (unpaired) electrons. The Hall–Kier alpha value is -3.93. The molecule has 2 aromatic heterocycles. The third kappa shape index (κ3) is 2.81. The lowest BCUT2D eigenvalue weighted by molar-refractivity contribution is 0.0998. The number of nitrogens with one attached hydrogen (secondary N) is 1. The van der Waals surface area contributed by atoms with E-state index in [4.69, 9.17) is 8.83 Å². The van der Waals surface area contributed by atoms with Crippen LogP contribution < -0.4 is 5.32 Å². The highest BCUT2D eigenvalue weighted by molar-refractivity contribution is 6.05. The molecule has 0 spiro atoms. The van der Waals surface area contributed by atoms with E-state index in [1.54, 1.807) is 48.5 Å². The van der Waals surface area contributed by atoms with Crippen molar-refractivity contribution in [2.45, 2.75) is 0 Å². The first-order chi connectivity index (χ1) is 13.7. The summed E-state index contributed by atoms with van der Waals surface area (Å²) in [5, 5.41) is 3.64. The molecule has 3 aromatic carbocycles. The maximum atomic E-state index is 14.0. The maximum Gasteiger partial charge on any atom is 0.291 e. The highest BCUT2D eigenvalue weighted by Gasteiger charge is 2.15. The first-order valence-corrected chi connectivity index (χ1v) is 8.63. The fraction of sp³-hybridized carbons (Fsp3) is 0. The zero-order chi connectivity index (χ0) is 19.1. The van der Waals surface area contributed by atoms with Gasteiger partial charge in [-0.1, -0.05) is 30.3 Å². The summed E-state index contributed by atoms with van der Waals surface area (Å²) in [6, 6.07) is 20.4. The molecule has 0 aliphatic rings. The van der Waals surface area contributed by atoms with Crippen molar-refractivity contribution in [3.63, 3.8) is 0 Å². The molecule has 28 heavy (non-hydrogen) atoms. The number of hydrogen-bond donors (Lipinski definition) is 1. The van der Waals surface area contributed by atoms with Crippen LogP contribution in [0.4, 0.5) is 10.1 Å². The molecule has 0 saturated carbocycles. The summed E-state index contributed by atoms with van der Waals surface area (Å²) < 4.78 is 25.2. The van der Waals surface area contributed by atoms with Gasteiger partial charge in [-0.15, -0.1) is 0 Å². The molecule has 0 unspecified atom stereocenters. The first-order valence-electron chi connectivity index (χ1n) is 8.63. The van der Waals surface area contributed by atoms with E-state index >= 15 is 0 Å². The Morgan fingerprint density at radius 2 is 1.71 bits per heavy atom. The van der Waals surface area contributed by atoms with Gasteiger partial charge in [-0.3, -0.25) is 4.79 Å². The highest BCUT2D eigenvalue weighted by Crippen LogP contribution is 2.28. The van der Waals surface area contributed by atoms with Crippen LogP contribution in [0, 0.1) is 5.82 Å². The number of carbonyl (C=O) groups is 1. The van der Waals surface area contributed by atoms with E-state index < -0.39 is 5.82 Å². The van der Waals surface area contributed by atoms with Crippen molar-refractivity contribution >= 4 is 33.7 Å². The zero-order valence-electron chi connectivity index (χ0n) is 14.5. The fourth-order valence-electron chi connectivity index (χ4n) is 3.04. The average molecular weight is 372 g/mol. The van der Waals surface area contributed by atoms with Gasteiger partial charge in [0.2, 0.25) is 5.89 Å². The van der Waals surface area contributed by atoms with Gasteiger partial charge in [-0.05, 0) is 42.5 Å². The molecular formula is C22H13FN2O3. The number of nitrogens with zero attached hydrogens (tertiary/aromatic N) is 1. The smallest absolute Gasteiger partial charge is 0.291 e. The van der Waals surface area contributed by atoms with E-state index in [0.29, 0.717) is 22.4 Å². The summed E-state index contributed by atoms with van der Waals surface area (Å²) in [5.74, 6) is -0.372. The Balaban J connectivity index is 1.44. The van der Waals surface area contributed by atoms with E-state index in [1.807, 2.05) is 18.2 Å². The number of carbonyl (C=O) groups excluding carboxylic acids is 1. The number of halogens is 1. The predicted octanol–water partition coefficient (Wildman–Crippen LogP) is 5.63. The summed E-state index contributed by atoms with van der Waals surface area (Å²) >= 11 is 0. The second-order valence-corrected chi connectivity index (χ2v) is 6.28. The monoisotopic (exact) mass is 372 g/mol. The Morgan fingerprint density at radius 1 is 0.893 bits per heavy atom. The van der Waals surface area contributed by atoms with Gasteiger partial charge in [0, 0.05) is 11.1 Å². The summed E-state index contributed by atoms with van der Waals surface area (Å²) in [7, 11) is 0. The van der Waals surface area contributed by atoms with Crippen LogP contribution in [0.1, 0.15) is 10.6 Å². The topological polar surface area (TPSA) is 68.3 Å². The van der Waals surface area contributed by atoms with Gasteiger partial charge in [-0.2, -0.15) is 0 Å². The number of amides is 1. The van der Waals surface area contributed by atoms with Gasteiger partial charge in [0.05, 0.1) is 5.56 Å². The molecule has 0 bridgehead atoms. The van der Waals surface area contributed by atoms with Gasteiger partial charge in [0.1, 0.15) is 16.9 Å². The quantitative estimate of drug-likeness (QED) is 0.445. The molecule has 136 valence electrons. The van der Waals surface area contributed by atoms with Gasteiger partial charge in [0.25, 0.3) is 5.91 Å². The summed E-state index contributed by atoms with van der Waals surface area (Å²) in [6.07, 6.45) is 0. The molecule has 0 saturated heterocycles. The molecule has 5 nitrogen and oxygen atoms in total. The minimum Gasteiger partial charge on any atom is -0.451 e. The lowest BCUT2D eigenvalue weighted by atomic mass is 10.2. The van der Waals surface area contributed by atoms with Crippen LogP contribution in [0.3, 0.4) is 0 Å². The molecule has 5 rings (SSSR count). The molecule has 2 heterocycles. The van der Waals surface area contributed by atoms with Crippen molar-refractivity contribution in [2.75, 3.05) is 5.32 Å². The van der Waals surface area contributed by atoms with Crippen molar-refractivity contribution in [3.05, 3.63) is 84.4 Å². The number of rotatable bonds is 3. The van der Waals surface area contributed by atoms with Gasteiger partial charge < -0.3 is 14.2 Å². The second-order valence-electron chi connectivity index (χ2n) is 6.28. The van der Waals surface area contributed by atoms with E-state index in [9.17, 15) is 9.18 Å². The molecule has 0 fully saturated rings. The largest absolute Gasteiger partial charge is 0.451 e. The maximum absolute atomic E-state index is 14.0. The fourth-order valence-corrected chi connectivity index (χ4v) is 3.04. The van der Waals surface area contributed by atoms with Crippen LogP contribution in [0.15, 0.2) is 81.6 Å². The van der Waals surface area contributed by atoms with Crippen molar-refractivity contribution < 1.29 is 18.0 Å². The predicted molar refractivity (Wildman–Crippen MR) is 104 cm³/mol. The minimum atomic E-state index is -0.410. The van der Waals surface area contributed by atoms with E-state index in [1.165, 1.54) is 6.07 Å². The van der Waals surface area contributed by atoms with Gasteiger partial charge >= 0.3 is 0 Å². The molecule has 1 N–H and O–H groups in total. The molecular weight excluding hydrogens is 359 g/mol. The van der Waals surface area contributed by atoms with E-state index in [2.05, 4.69) is 10.3 Å². The number of furan rings is 1. The Morgan fingerprint density at radius 3 is 2.57 bits per heavy atom. The molecule has 0 atom stereocenters. The first kappa shape index (κ1) is 16.3. The molecule has 1 amide bonds. The normalized spacial score (nSPS) is 11.2. The molecule has 5 aromatic rings. The van der Waals surface area contributed by atoms with E-state index in [-0.39, 0.29) is 23.1 Å². The van der Waals surface area contributed by atoms with Crippen LogP contribution in [0.5, 0.6) is 0 Å². The number of anilines is 1. The van der Waals surface area contributed by atoms with Crippen LogP contribution in [-0.2, 0) is 0 Å². The van der Waals surface area contributed by atoms with Crippen molar-refractivity contribution in [2.24, 2.45) is 0 Å². The Kier molecular flexibility index (Phi) is 3.69. The number of oxazole rings is 1. The van der Waals surface area contributed by atoms with Crippen LogP contribution in [0.2, 0.25) is 0 Å². The average Bonchev–Trinajstić information content (AvgIpc) is 3.32. The second kappa shape index (κ2) is 6.35. The van der Waals surface area contributed by atoms with Crippen LogP contribution >= 0.6 is 0 Å². The summed E-state index contributed by atoms with van der Waals surface area (Å²) in [6.45, 7) is 0. The number of aromatic nitrogens is 1. The SMILES string of the molecule is O=C(Nc1ccc2oc(-c3ccccc3F)nc2c1)c1cc2ccccc2o1. The van der Waals surface area contributed by atoms with Crippen LogP contribution in [-0.4, -0.2) is 10.9 Å². The Bertz CT molecular complexity index is 1300.